The van der Waals surface area contributed by atoms with Crippen LogP contribution < -0.4 is 11.2 Å². The Labute approximate surface area is 210 Å². The summed E-state index contributed by atoms with van der Waals surface area (Å²) in [6.45, 7) is 4.30. The van der Waals surface area contributed by atoms with E-state index in [9.17, 15) is 9.59 Å². The Morgan fingerprint density at radius 3 is 2.22 bits per heavy atom. The summed E-state index contributed by atoms with van der Waals surface area (Å²) in [7, 11) is 3.15. The van der Waals surface area contributed by atoms with Gasteiger partial charge in [0, 0.05) is 31.5 Å². The molecule has 36 heavy (non-hydrogen) atoms. The molecule has 186 valence electrons. The number of nitrogens with zero attached hydrogens (tertiary/aromatic N) is 5. The van der Waals surface area contributed by atoms with Gasteiger partial charge >= 0.3 is 5.69 Å². The van der Waals surface area contributed by atoms with E-state index in [1.54, 1.807) is 7.05 Å². The van der Waals surface area contributed by atoms with Crippen molar-refractivity contribution in [3.05, 3.63) is 86.7 Å². The van der Waals surface area contributed by atoms with Gasteiger partial charge in [-0.25, -0.2) is 4.79 Å². The number of rotatable bonds is 8. The molecule has 0 aliphatic heterocycles. The summed E-state index contributed by atoms with van der Waals surface area (Å²) in [5, 5.41) is 0. The first-order valence-corrected chi connectivity index (χ1v) is 12.8. The van der Waals surface area contributed by atoms with Gasteiger partial charge in [0.15, 0.2) is 11.2 Å². The maximum absolute atomic E-state index is 13.1. The maximum Gasteiger partial charge on any atom is 0.332 e. The van der Waals surface area contributed by atoms with Crippen LogP contribution in [-0.4, -0.2) is 23.1 Å². The molecule has 0 amide bonds. The fraction of sp³-hybridized carbons (Fsp3) is 0.345. The van der Waals surface area contributed by atoms with Crippen molar-refractivity contribution in [1.82, 2.24) is 23.1 Å². The van der Waals surface area contributed by atoms with E-state index in [2.05, 4.69) is 66.9 Å². The minimum absolute atomic E-state index is 0.355. The highest BCUT2D eigenvalue weighted by Crippen LogP contribution is 2.29. The minimum atomic E-state index is -0.388. The summed E-state index contributed by atoms with van der Waals surface area (Å²) < 4.78 is 6.43. The molecule has 0 aliphatic rings. The molecule has 0 saturated heterocycles. The van der Waals surface area contributed by atoms with Crippen molar-refractivity contribution in [2.75, 3.05) is 0 Å². The number of hydrogen-bond acceptors (Lipinski definition) is 3. The van der Waals surface area contributed by atoms with Crippen LogP contribution in [0.4, 0.5) is 0 Å². The first kappa shape index (κ1) is 23.9. The summed E-state index contributed by atoms with van der Waals surface area (Å²) in [6, 6.07) is 16.9. The van der Waals surface area contributed by atoms with E-state index in [1.165, 1.54) is 49.3 Å². The zero-order valence-corrected chi connectivity index (χ0v) is 21.5. The molecule has 5 aromatic rings. The molecule has 0 unspecified atom stereocenters. The van der Waals surface area contributed by atoms with Crippen molar-refractivity contribution < 1.29 is 0 Å². The fourth-order valence-corrected chi connectivity index (χ4v) is 4.90. The maximum atomic E-state index is 13.1. The molecule has 2 aromatic carbocycles. The fourth-order valence-electron chi connectivity index (χ4n) is 4.90. The summed E-state index contributed by atoms with van der Waals surface area (Å²) in [4.78, 5) is 30.4. The van der Waals surface area contributed by atoms with Crippen LogP contribution in [0.1, 0.15) is 50.2 Å². The lowest BCUT2D eigenvalue weighted by Gasteiger charge is -2.10. The largest absolute Gasteiger partial charge is 0.332 e. The Morgan fingerprint density at radius 1 is 0.833 bits per heavy atom. The van der Waals surface area contributed by atoms with Crippen LogP contribution in [0.2, 0.25) is 0 Å². The van der Waals surface area contributed by atoms with Gasteiger partial charge in [0.1, 0.15) is 0 Å². The van der Waals surface area contributed by atoms with Crippen molar-refractivity contribution >= 4 is 16.9 Å². The van der Waals surface area contributed by atoms with E-state index in [1.807, 2.05) is 10.6 Å². The molecule has 0 bridgehead atoms. The van der Waals surface area contributed by atoms with E-state index in [4.69, 9.17) is 4.98 Å². The lowest BCUT2D eigenvalue weighted by Crippen LogP contribution is -2.37. The van der Waals surface area contributed by atoms with Crippen LogP contribution in [0, 0.1) is 6.92 Å². The molecule has 0 atom stereocenters. The molecule has 0 saturated carbocycles. The molecule has 0 N–H and O–H groups in total. The number of hydrogen-bond donors (Lipinski definition) is 0. The first-order chi connectivity index (χ1) is 17.4. The number of fused-ring (bicyclic) bond motifs is 3. The molecule has 7 heteroatoms. The smallest absolute Gasteiger partial charge is 0.279 e. The third-order valence-electron chi connectivity index (χ3n) is 7.08. The topological polar surface area (TPSA) is 66.2 Å². The highest BCUT2D eigenvalue weighted by atomic mass is 16.2. The predicted molar refractivity (Wildman–Crippen MR) is 145 cm³/mol. The molecule has 0 radical (unpaired) electrons. The Morgan fingerprint density at radius 2 is 1.53 bits per heavy atom. The van der Waals surface area contributed by atoms with Gasteiger partial charge in [0.2, 0.25) is 5.78 Å². The SMILES string of the molecule is CCCCCCCc1ccc(-c2cn3c4c(=O)n(C)c(=O)n(C)c4nc3n2-c2ccc(C)cc2)cc1. The average molecular weight is 484 g/mol. The van der Waals surface area contributed by atoms with Gasteiger partial charge in [-0.2, -0.15) is 4.98 Å². The van der Waals surface area contributed by atoms with Crippen molar-refractivity contribution in [2.24, 2.45) is 14.1 Å². The van der Waals surface area contributed by atoms with Crippen LogP contribution in [-0.2, 0) is 20.5 Å². The Kier molecular flexibility index (Phi) is 6.39. The first-order valence-electron chi connectivity index (χ1n) is 12.8. The van der Waals surface area contributed by atoms with Gasteiger partial charge in [-0.1, -0.05) is 74.6 Å². The monoisotopic (exact) mass is 483 g/mol. The van der Waals surface area contributed by atoms with Crippen LogP contribution in [0.5, 0.6) is 0 Å². The normalized spacial score (nSPS) is 11.7. The summed E-state index contributed by atoms with van der Waals surface area (Å²) in [5.41, 5.74) is 5.46. The van der Waals surface area contributed by atoms with Crippen LogP contribution in [0.25, 0.3) is 33.9 Å². The number of benzene rings is 2. The molecule has 0 fully saturated rings. The van der Waals surface area contributed by atoms with Gasteiger partial charge in [-0.3, -0.25) is 22.9 Å². The second-order valence-electron chi connectivity index (χ2n) is 9.71. The van der Waals surface area contributed by atoms with Gasteiger partial charge in [-0.05, 0) is 37.5 Å². The third-order valence-corrected chi connectivity index (χ3v) is 7.08. The van der Waals surface area contributed by atoms with Gasteiger partial charge in [0.05, 0.1) is 5.69 Å². The standard InChI is InChI=1S/C29H33N5O2/c1-5-6-7-8-9-10-21-13-15-22(16-14-21)24-19-33-25-26(31(3)29(36)32(4)27(25)35)30-28(33)34(24)23-17-11-20(2)12-18-23/h11-19H,5-10H2,1-4H3. The van der Waals surface area contributed by atoms with E-state index >= 15 is 0 Å². The van der Waals surface area contributed by atoms with E-state index in [0.29, 0.717) is 16.9 Å². The van der Waals surface area contributed by atoms with E-state index < -0.39 is 0 Å². The molecule has 3 heterocycles. The van der Waals surface area contributed by atoms with Crippen LogP contribution in [0.3, 0.4) is 0 Å². The molecule has 0 spiro atoms. The zero-order chi connectivity index (χ0) is 25.4. The van der Waals surface area contributed by atoms with Crippen molar-refractivity contribution in [3.8, 4) is 16.9 Å². The van der Waals surface area contributed by atoms with E-state index in [0.717, 1.165) is 33.5 Å². The van der Waals surface area contributed by atoms with E-state index in [-0.39, 0.29) is 11.2 Å². The molecule has 7 nitrogen and oxygen atoms in total. The number of imidazole rings is 2. The molecule has 0 aliphatic carbocycles. The van der Waals surface area contributed by atoms with Crippen molar-refractivity contribution in [3.63, 3.8) is 0 Å². The van der Waals surface area contributed by atoms with Crippen LogP contribution >= 0.6 is 0 Å². The predicted octanol–water partition coefficient (Wildman–Crippen LogP) is 5.16. The third kappa shape index (κ3) is 4.08. The van der Waals surface area contributed by atoms with Gasteiger partial charge in [0.25, 0.3) is 5.56 Å². The molecule has 5 rings (SSSR count). The summed E-state index contributed by atoms with van der Waals surface area (Å²) in [6.07, 6.45) is 9.39. The molecule has 3 aromatic heterocycles. The van der Waals surface area contributed by atoms with Gasteiger partial charge < -0.3 is 0 Å². The van der Waals surface area contributed by atoms with Gasteiger partial charge in [-0.15, -0.1) is 0 Å². The molecular formula is C29H33N5O2. The second kappa shape index (κ2) is 9.64. The Bertz CT molecular complexity index is 1650. The highest BCUT2D eigenvalue weighted by molar-refractivity contribution is 5.79. The molecular weight excluding hydrogens is 450 g/mol. The highest BCUT2D eigenvalue weighted by Gasteiger charge is 2.21. The zero-order valence-electron chi connectivity index (χ0n) is 21.5. The number of aromatic nitrogens is 5. The summed E-state index contributed by atoms with van der Waals surface area (Å²) in [5.74, 6) is 0.599. The Hall–Kier alpha value is -3.87. The quantitative estimate of drug-likeness (QED) is 0.286. The lowest BCUT2D eigenvalue weighted by atomic mass is 10.0. The van der Waals surface area contributed by atoms with Crippen LogP contribution in [0.15, 0.2) is 64.3 Å². The second-order valence-corrected chi connectivity index (χ2v) is 9.71. The van der Waals surface area contributed by atoms with Crippen molar-refractivity contribution in [2.45, 2.75) is 52.4 Å². The average Bonchev–Trinajstić information content (AvgIpc) is 3.44. The summed E-state index contributed by atoms with van der Waals surface area (Å²) >= 11 is 0. The number of aryl methyl sites for hydroxylation is 3. The minimum Gasteiger partial charge on any atom is -0.279 e. The number of unbranched alkanes of at least 4 members (excludes halogenated alkanes) is 4. The van der Waals surface area contributed by atoms with Crippen molar-refractivity contribution in [1.29, 1.82) is 0 Å². The lowest BCUT2D eigenvalue weighted by molar-refractivity contribution is 0.632. The Balaban J connectivity index is 1.64.